The Kier molecular flexibility index (Phi) is 2.64. The summed E-state index contributed by atoms with van der Waals surface area (Å²) in [5, 5.41) is 3.72. The minimum Gasteiger partial charge on any atom is -0.370 e. The molecule has 0 aromatic carbocycles. The fourth-order valence-electron chi connectivity index (χ4n) is 2.02. The molecule has 7 nitrogen and oxygen atoms in total. The SMILES string of the molecule is CC1=NOC(N2C(=O)N(C)C(=O)C(C)(C)C2=O)C1. The van der Waals surface area contributed by atoms with E-state index in [4.69, 9.17) is 4.84 Å². The monoisotopic (exact) mass is 253 g/mol. The highest BCUT2D eigenvalue weighted by molar-refractivity contribution is 6.18. The van der Waals surface area contributed by atoms with Gasteiger partial charge in [0.15, 0.2) is 0 Å². The predicted octanol–water partition coefficient (Wildman–Crippen LogP) is 0.556. The van der Waals surface area contributed by atoms with E-state index in [9.17, 15) is 14.4 Å². The molecule has 98 valence electrons. The van der Waals surface area contributed by atoms with E-state index in [0.29, 0.717) is 12.1 Å². The van der Waals surface area contributed by atoms with Crippen LogP contribution in [0.2, 0.25) is 0 Å². The van der Waals surface area contributed by atoms with Gasteiger partial charge in [-0.3, -0.25) is 14.5 Å². The Morgan fingerprint density at radius 1 is 1.28 bits per heavy atom. The number of oxime groups is 1. The second-order valence-corrected chi connectivity index (χ2v) is 5.04. The summed E-state index contributed by atoms with van der Waals surface area (Å²) >= 11 is 0. The molecule has 0 radical (unpaired) electrons. The van der Waals surface area contributed by atoms with Crippen LogP contribution in [0.3, 0.4) is 0 Å². The van der Waals surface area contributed by atoms with Gasteiger partial charge in [0.1, 0.15) is 5.41 Å². The fourth-order valence-corrected chi connectivity index (χ4v) is 2.02. The van der Waals surface area contributed by atoms with Crippen LogP contribution in [0.4, 0.5) is 4.79 Å². The molecule has 0 bridgehead atoms. The zero-order chi connectivity index (χ0) is 13.7. The average molecular weight is 253 g/mol. The van der Waals surface area contributed by atoms with E-state index in [1.54, 1.807) is 6.92 Å². The summed E-state index contributed by atoms with van der Waals surface area (Å²) in [4.78, 5) is 43.1. The molecule has 2 aliphatic heterocycles. The average Bonchev–Trinajstić information content (AvgIpc) is 2.72. The molecular formula is C11H15N3O4. The first kappa shape index (κ1) is 12.5. The van der Waals surface area contributed by atoms with Gasteiger partial charge in [0.05, 0.1) is 5.71 Å². The maximum atomic E-state index is 12.2. The molecule has 2 aliphatic rings. The van der Waals surface area contributed by atoms with E-state index >= 15 is 0 Å². The number of hydrogen-bond donors (Lipinski definition) is 0. The number of imide groups is 2. The molecule has 2 heterocycles. The number of carbonyl (C=O) groups excluding carboxylic acids is 3. The van der Waals surface area contributed by atoms with Crippen LogP contribution in [-0.4, -0.2) is 46.6 Å². The molecule has 7 heteroatoms. The molecule has 2 rings (SSSR count). The normalized spacial score (nSPS) is 27.4. The molecule has 0 N–H and O–H groups in total. The first-order chi connectivity index (χ1) is 8.26. The van der Waals surface area contributed by atoms with Crippen molar-refractivity contribution < 1.29 is 19.2 Å². The highest BCUT2D eigenvalue weighted by Crippen LogP contribution is 2.31. The van der Waals surface area contributed by atoms with Crippen molar-refractivity contribution in [1.82, 2.24) is 9.80 Å². The van der Waals surface area contributed by atoms with Crippen molar-refractivity contribution in [2.75, 3.05) is 7.05 Å². The quantitative estimate of drug-likeness (QED) is 0.639. The lowest BCUT2D eigenvalue weighted by molar-refractivity contribution is -0.163. The lowest BCUT2D eigenvalue weighted by Crippen LogP contribution is -2.64. The van der Waals surface area contributed by atoms with Gasteiger partial charge in [-0.1, -0.05) is 5.16 Å². The van der Waals surface area contributed by atoms with Crippen molar-refractivity contribution in [1.29, 1.82) is 0 Å². The molecule has 1 fully saturated rings. The van der Waals surface area contributed by atoms with E-state index in [2.05, 4.69) is 5.16 Å². The molecular weight excluding hydrogens is 238 g/mol. The number of barbiturate groups is 1. The molecule has 1 saturated heterocycles. The maximum absolute atomic E-state index is 12.2. The molecule has 0 spiro atoms. The van der Waals surface area contributed by atoms with Gasteiger partial charge in [-0.05, 0) is 20.8 Å². The molecule has 4 amide bonds. The summed E-state index contributed by atoms with van der Waals surface area (Å²) in [6.45, 7) is 4.74. The number of carbonyl (C=O) groups is 3. The van der Waals surface area contributed by atoms with Crippen LogP contribution < -0.4 is 0 Å². The lowest BCUT2D eigenvalue weighted by Gasteiger charge is -2.40. The number of nitrogens with zero attached hydrogens (tertiary/aromatic N) is 3. The Hall–Kier alpha value is -1.92. The summed E-state index contributed by atoms with van der Waals surface area (Å²) < 4.78 is 0. The second kappa shape index (κ2) is 3.79. The van der Waals surface area contributed by atoms with Gasteiger partial charge >= 0.3 is 6.03 Å². The van der Waals surface area contributed by atoms with Crippen molar-refractivity contribution in [2.45, 2.75) is 33.4 Å². The first-order valence-electron chi connectivity index (χ1n) is 5.62. The van der Waals surface area contributed by atoms with E-state index in [1.807, 2.05) is 0 Å². The summed E-state index contributed by atoms with van der Waals surface area (Å²) in [6.07, 6.45) is -0.380. The topological polar surface area (TPSA) is 79.3 Å². The van der Waals surface area contributed by atoms with Crippen LogP contribution in [0.1, 0.15) is 27.2 Å². The molecule has 1 atom stereocenters. The van der Waals surface area contributed by atoms with Crippen molar-refractivity contribution in [3.05, 3.63) is 0 Å². The van der Waals surface area contributed by atoms with E-state index in [0.717, 1.165) is 9.80 Å². The Bertz CT molecular complexity index is 469. The number of hydrogen-bond acceptors (Lipinski definition) is 5. The highest BCUT2D eigenvalue weighted by Gasteiger charge is 2.53. The molecule has 0 aliphatic carbocycles. The van der Waals surface area contributed by atoms with Gasteiger partial charge < -0.3 is 4.84 Å². The Morgan fingerprint density at radius 2 is 1.89 bits per heavy atom. The minimum absolute atomic E-state index is 0.371. The highest BCUT2D eigenvalue weighted by atomic mass is 16.7. The van der Waals surface area contributed by atoms with Crippen molar-refractivity contribution in [2.24, 2.45) is 10.6 Å². The Labute approximate surface area is 104 Å². The summed E-state index contributed by atoms with van der Waals surface area (Å²) in [7, 11) is 1.36. The molecule has 0 aromatic rings. The van der Waals surface area contributed by atoms with E-state index in [1.165, 1.54) is 20.9 Å². The number of amides is 4. The maximum Gasteiger partial charge on any atom is 0.336 e. The third-order valence-electron chi connectivity index (χ3n) is 3.17. The van der Waals surface area contributed by atoms with Crippen molar-refractivity contribution >= 4 is 23.6 Å². The van der Waals surface area contributed by atoms with Crippen LogP contribution >= 0.6 is 0 Å². The Balaban J connectivity index is 2.32. The van der Waals surface area contributed by atoms with Crippen molar-refractivity contribution in [3.8, 4) is 0 Å². The van der Waals surface area contributed by atoms with E-state index in [-0.39, 0.29) is 0 Å². The minimum atomic E-state index is -1.26. The third kappa shape index (κ3) is 1.58. The number of urea groups is 1. The smallest absolute Gasteiger partial charge is 0.336 e. The van der Waals surface area contributed by atoms with Crippen LogP contribution in [0, 0.1) is 5.41 Å². The first-order valence-corrected chi connectivity index (χ1v) is 5.62. The van der Waals surface area contributed by atoms with Crippen LogP contribution in [-0.2, 0) is 14.4 Å². The summed E-state index contributed by atoms with van der Waals surface area (Å²) in [5.41, 5.74) is -0.555. The van der Waals surface area contributed by atoms with Gasteiger partial charge in [-0.25, -0.2) is 9.69 Å². The zero-order valence-electron chi connectivity index (χ0n) is 10.8. The Morgan fingerprint density at radius 3 is 2.39 bits per heavy atom. The molecule has 18 heavy (non-hydrogen) atoms. The lowest BCUT2D eigenvalue weighted by atomic mass is 9.87. The fraction of sp³-hybridized carbons (Fsp3) is 0.636. The third-order valence-corrected chi connectivity index (χ3v) is 3.17. The van der Waals surface area contributed by atoms with Crippen LogP contribution in [0.5, 0.6) is 0 Å². The van der Waals surface area contributed by atoms with Crippen LogP contribution in [0.15, 0.2) is 5.16 Å². The van der Waals surface area contributed by atoms with Gasteiger partial charge in [0, 0.05) is 13.5 Å². The summed E-state index contributed by atoms with van der Waals surface area (Å²) in [6, 6.07) is -0.667. The largest absolute Gasteiger partial charge is 0.370 e. The van der Waals surface area contributed by atoms with Gasteiger partial charge in [0.2, 0.25) is 18.0 Å². The molecule has 0 saturated carbocycles. The molecule has 0 aromatic heterocycles. The van der Waals surface area contributed by atoms with Gasteiger partial charge in [0.25, 0.3) is 0 Å². The van der Waals surface area contributed by atoms with Crippen molar-refractivity contribution in [3.63, 3.8) is 0 Å². The van der Waals surface area contributed by atoms with Crippen LogP contribution in [0.25, 0.3) is 0 Å². The predicted molar refractivity (Wildman–Crippen MR) is 61.4 cm³/mol. The second-order valence-electron chi connectivity index (χ2n) is 5.04. The van der Waals surface area contributed by atoms with Gasteiger partial charge in [-0.15, -0.1) is 0 Å². The van der Waals surface area contributed by atoms with E-state index < -0.39 is 29.5 Å². The molecule has 1 unspecified atom stereocenters. The standard InChI is InChI=1S/C11H15N3O4/c1-6-5-7(18-12-6)14-9(16)11(2,3)8(15)13(4)10(14)17/h7H,5H2,1-4H3. The van der Waals surface area contributed by atoms with Gasteiger partial charge in [-0.2, -0.15) is 0 Å². The zero-order valence-corrected chi connectivity index (χ0v) is 10.8. The summed E-state index contributed by atoms with van der Waals surface area (Å²) in [5.74, 6) is -1.06. The number of rotatable bonds is 1.